The quantitative estimate of drug-likeness (QED) is 0.413. The van der Waals surface area contributed by atoms with E-state index in [4.69, 9.17) is 5.41 Å². The number of hydrogen-bond acceptors (Lipinski definition) is 0. The van der Waals surface area contributed by atoms with Crippen molar-refractivity contribution < 1.29 is 0 Å². The Morgan fingerprint density at radius 1 is 1.83 bits per heavy atom. The van der Waals surface area contributed by atoms with E-state index >= 15 is 0 Å². The summed E-state index contributed by atoms with van der Waals surface area (Å²) in [6, 6.07) is 0. The first-order chi connectivity index (χ1) is 2.77. The Hall–Kier alpha value is -0.590. The van der Waals surface area contributed by atoms with Gasteiger partial charge in [0.25, 0.3) is 0 Å². The molecule has 0 N–H and O–H groups in total. The molecule has 0 aromatic heterocycles. The predicted octanol–water partition coefficient (Wildman–Crippen LogP) is 0.627. The van der Waals surface area contributed by atoms with E-state index in [2.05, 4.69) is 6.08 Å². The first-order valence-electron chi connectivity index (χ1n) is 1.80. The Morgan fingerprint density at radius 2 is 2.33 bits per heavy atom. The lowest BCUT2D eigenvalue weighted by Gasteiger charge is -1.70. The third kappa shape index (κ3) is 3.41. The van der Waals surface area contributed by atoms with Crippen LogP contribution in [0, 0.1) is 6.08 Å². The van der Waals surface area contributed by atoms with E-state index in [9.17, 15) is 0 Å². The molecule has 0 heterocycles. The lowest BCUT2D eigenvalue weighted by molar-refractivity contribution is 1.63. The van der Waals surface area contributed by atoms with Crippen LogP contribution in [0.3, 0.4) is 0 Å². The fourth-order valence-electron chi connectivity index (χ4n) is 0.209. The fourth-order valence-corrected chi connectivity index (χ4v) is 0.209. The highest BCUT2D eigenvalue weighted by molar-refractivity contribution is 5.90. The van der Waals surface area contributed by atoms with Crippen molar-refractivity contribution in [3.05, 3.63) is 12.2 Å². The van der Waals surface area contributed by atoms with Crippen LogP contribution in [0.4, 0.5) is 0 Å². The number of allylic oxidation sites excluding steroid dienone is 2. The van der Waals surface area contributed by atoms with Crippen molar-refractivity contribution in [1.82, 2.24) is 5.41 Å². The highest BCUT2D eigenvalue weighted by Gasteiger charge is 1.69. The van der Waals surface area contributed by atoms with Gasteiger partial charge in [0.05, 0.1) is 5.71 Å². The minimum atomic E-state index is 0.303. The summed E-state index contributed by atoms with van der Waals surface area (Å²) in [5, 5.41) is 8.35. The SMILES string of the molecule is C/[C]=C\C(C)=[N]. The van der Waals surface area contributed by atoms with Gasteiger partial charge in [-0.05, 0) is 26.0 Å². The third-order valence-electron chi connectivity index (χ3n) is 0.353. The van der Waals surface area contributed by atoms with Gasteiger partial charge in [0.15, 0.2) is 0 Å². The summed E-state index contributed by atoms with van der Waals surface area (Å²) in [7, 11) is 0. The van der Waals surface area contributed by atoms with Crippen LogP contribution in [0.5, 0.6) is 0 Å². The van der Waals surface area contributed by atoms with Crippen LogP contribution in [0.1, 0.15) is 13.8 Å². The molecule has 1 nitrogen and oxygen atoms in total. The normalized spacial score (nSPS) is 9.67. The van der Waals surface area contributed by atoms with Crippen LogP contribution >= 0.6 is 0 Å². The zero-order chi connectivity index (χ0) is 4.99. The molecule has 0 fully saturated rings. The second-order valence-corrected chi connectivity index (χ2v) is 1.07. The van der Waals surface area contributed by atoms with Gasteiger partial charge in [0.1, 0.15) is 0 Å². The van der Waals surface area contributed by atoms with Gasteiger partial charge in [-0.2, -0.15) is 5.41 Å². The van der Waals surface area contributed by atoms with Gasteiger partial charge in [0.2, 0.25) is 0 Å². The molecule has 0 saturated carbocycles. The van der Waals surface area contributed by atoms with Gasteiger partial charge < -0.3 is 0 Å². The van der Waals surface area contributed by atoms with Crippen LogP contribution in [0.2, 0.25) is 0 Å². The van der Waals surface area contributed by atoms with E-state index in [1.165, 1.54) is 6.08 Å². The van der Waals surface area contributed by atoms with Gasteiger partial charge in [-0.25, -0.2) is 0 Å². The molecule has 0 aromatic carbocycles. The maximum Gasteiger partial charge on any atom is 0.0602 e. The molecule has 0 aromatic rings. The van der Waals surface area contributed by atoms with Crippen molar-refractivity contribution in [2.45, 2.75) is 13.8 Å². The van der Waals surface area contributed by atoms with Crippen molar-refractivity contribution in [2.24, 2.45) is 0 Å². The van der Waals surface area contributed by atoms with E-state index in [-0.39, 0.29) is 0 Å². The molecule has 6 heavy (non-hydrogen) atoms. The molecule has 0 atom stereocenters. The number of nitrogens with zero attached hydrogens (tertiary/aromatic N) is 1. The molecule has 0 amide bonds. The smallest absolute Gasteiger partial charge is 0.0602 e. The molecular weight excluding hydrogens is 74.1 g/mol. The standard InChI is InChI=1S/C5H7N/c1-3-4-5(2)6/h4H,1-2H3. The monoisotopic (exact) mass is 81.1 g/mol. The summed E-state index contributed by atoms with van der Waals surface area (Å²) in [5.41, 5.74) is 0.303. The summed E-state index contributed by atoms with van der Waals surface area (Å²) in [6.07, 6.45) is 4.17. The third-order valence-corrected chi connectivity index (χ3v) is 0.353. The minimum Gasteiger partial charge on any atom is -0.156 e. The Morgan fingerprint density at radius 3 is 2.33 bits per heavy atom. The summed E-state index contributed by atoms with van der Waals surface area (Å²) in [4.78, 5) is 0. The Kier molecular flexibility index (Phi) is 2.38. The van der Waals surface area contributed by atoms with Crippen LogP contribution in [-0.4, -0.2) is 5.71 Å². The molecule has 1 heteroatoms. The lowest BCUT2D eigenvalue weighted by Crippen LogP contribution is -1.80. The van der Waals surface area contributed by atoms with Gasteiger partial charge in [-0.15, -0.1) is 0 Å². The molecular formula is C5H7N. The van der Waals surface area contributed by atoms with E-state index in [0.717, 1.165) is 0 Å². The second kappa shape index (κ2) is 2.64. The molecule has 0 bridgehead atoms. The maximum atomic E-state index is 8.35. The van der Waals surface area contributed by atoms with Crippen molar-refractivity contribution in [1.29, 1.82) is 0 Å². The molecule has 0 spiro atoms. The van der Waals surface area contributed by atoms with Crippen molar-refractivity contribution in [2.75, 3.05) is 0 Å². The van der Waals surface area contributed by atoms with Crippen LogP contribution in [-0.2, 0) is 0 Å². The van der Waals surface area contributed by atoms with Crippen LogP contribution < -0.4 is 5.41 Å². The molecule has 32 valence electrons. The topological polar surface area (TPSA) is 22.3 Å². The van der Waals surface area contributed by atoms with Crippen LogP contribution in [0.15, 0.2) is 6.08 Å². The summed E-state index contributed by atoms with van der Waals surface area (Å²) in [6.45, 7) is 3.34. The zero-order valence-corrected chi connectivity index (χ0v) is 4.02. The molecule has 0 rings (SSSR count). The van der Waals surface area contributed by atoms with E-state index in [0.29, 0.717) is 5.71 Å². The van der Waals surface area contributed by atoms with Crippen molar-refractivity contribution >= 4 is 5.71 Å². The van der Waals surface area contributed by atoms with Crippen molar-refractivity contribution in [3.8, 4) is 0 Å². The number of hydrogen-bond donors (Lipinski definition) is 0. The van der Waals surface area contributed by atoms with Crippen LogP contribution in [0.25, 0.3) is 0 Å². The number of rotatable bonds is 1. The summed E-state index contributed by atoms with van der Waals surface area (Å²) >= 11 is 0. The Labute approximate surface area is 38.2 Å². The maximum absolute atomic E-state index is 8.35. The highest BCUT2D eigenvalue weighted by Crippen LogP contribution is 1.66. The molecule has 0 unspecified atom stereocenters. The van der Waals surface area contributed by atoms with Crippen molar-refractivity contribution in [3.63, 3.8) is 0 Å². The Balaban J connectivity index is 3.30. The molecule has 0 aliphatic heterocycles. The van der Waals surface area contributed by atoms with E-state index in [1.807, 2.05) is 0 Å². The molecule has 0 saturated heterocycles. The zero-order valence-electron chi connectivity index (χ0n) is 4.02. The van der Waals surface area contributed by atoms with Gasteiger partial charge in [0, 0.05) is 0 Å². The first-order valence-corrected chi connectivity index (χ1v) is 1.80. The molecule has 0 aliphatic rings. The fraction of sp³-hybridized carbons (Fsp3) is 0.400. The second-order valence-electron chi connectivity index (χ2n) is 1.07. The van der Waals surface area contributed by atoms with E-state index in [1.54, 1.807) is 13.8 Å². The highest BCUT2D eigenvalue weighted by atomic mass is 14.4. The predicted molar refractivity (Wildman–Crippen MR) is 26.3 cm³/mol. The summed E-state index contributed by atoms with van der Waals surface area (Å²) in [5.74, 6) is 0. The average Bonchev–Trinajstić information content (AvgIpc) is 1.35. The van der Waals surface area contributed by atoms with Gasteiger partial charge >= 0.3 is 0 Å². The van der Waals surface area contributed by atoms with E-state index < -0.39 is 0 Å². The average molecular weight is 81.1 g/mol. The largest absolute Gasteiger partial charge is 0.156 e. The molecule has 2 radical (unpaired) electrons. The first kappa shape index (κ1) is 5.41. The lowest BCUT2D eigenvalue weighted by atomic mass is 10.4. The summed E-state index contributed by atoms with van der Waals surface area (Å²) < 4.78 is 0. The Bertz CT molecular complexity index is 72.0. The molecule has 0 aliphatic carbocycles. The van der Waals surface area contributed by atoms with Gasteiger partial charge in [-0.1, -0.05) is 0 Å². The minimum absolute atomic E-state index is 0.303. The van der Waals surface area contributed by atoms with Gasteiger partial charge in [-0.3, -0.25) is 0 Å².